The monoisotopic (exact) mass is 318 g/mol. The molecule has 3 aromatic rings. The molecule has 1 aliphatic carbocycles. The van der Waals surface area contributed by atoms with Crippen molar-refractivity contribution in [2.45, 2.75) is 31.7 Å². The molecule has 0 spiro atoms. The summed E-state index contributed by atoms with van der Waals surface area (Å²) in [6, 6.07) is 10.7. The summed E-state index contributed by atoms with van der Waals surface area (Å²) in [5.41, 5.74) is 2.72. The Kier molecular flexibility index (Phi) is 3.66. The topological polar surface area (TPSA) is 63.7 Å². The van der Waals surface area contributed by atoms with E-state index in [4.69, 9.17) is 4.74 Å². The van der Waals surface area contributed by atoms with E-state index in [0.717, 1.165) is 16.5 Å². The molecule has 1 aromatic carbocycles. The lowest BCUT2D eigenvalue weighted by atomic mass is 10.1. The van der Waals surface area contributed by atoms with Gasteiger partial charge in [0, 0.05) is 41.0 Å². The van der Waals surface area contributed by atoms with Gasteiger partial charge in [-0.2, -0.15) is 10.2 Å². The van der Waals surface area contributed by atoms with Gasteiger partial charge < -0.3 is 9.30 Å². The minimum Gasteiger partial charge on any atom is -0.481 e. The molecule has 0 N–H and O–H groups in total. The number of benzene rings is 1. The van der Waals surface area contributed by atoms with Crippen LogP contribution in [0.4, 0.5) is 0 Å². The van der Waals surface area contributed by atoms with Crippen molar-refractivity contribution in [3.63, 3.8) is 0 Å². The van der Waals surface area contributed by atoms with E-state index in [9.17, 15) is 5.26 Å². The minimum absolute atomic E-state index is 0.508. The van der Waals surface area contributed by atoms with Gasteiger partial charge >= 0.3 is 0 Å². The average Bonchev–Trinajstić information content (AvgIpc) is 3.28. The lowest BCUT2D eigenvalue weighted by molar-refractivity contribution is 0.397. The van der Waals surface area contributed by atoms with Crippen LogP contribution in [0.2, 0.25) is 0 Å². The Balaban J connectivity index is 1.84. The fraction of sp³-hybridized carbons (Fsp3) is 0.316. The first-order valence-corrected chi connectivity index (χ1v) is 8.22. The minimum atomic E-state index is 0.508. The first-order valence-electron chi connectivity index (χ1n) is 8.22. The predicted octanol–water partition coefficient (Wildman–Crippen LogP) is 4.09. The zero-order valence-corrected chi connectivity index (χ0v) is 13.6. The maximum absolute atomic E-state index is 9.52. The standard InChI is InChI=1S/C19H18N4O/c1-24-18-8-9-21-19(22-18)13-6-7-17-16(10-13)14(11-20)12-23(17)15-4-2-3-5-15/h6-10,12,15H,2-5H2,1H3. The van der Waals surface area contributed by atoms with Gasteiger partial charge in [-0.05, 0) is 31.0 Å². The van der Waals surface area contributed by atoms with Crippen molar-refractivity contribution in [1.29, 1.82) is 5.26 Å². The van der Waals surface area contributed by atoms with Gasteiger partial charge in [0.15, 0.2) is 5.82 Å². The SMILES string of the molecule is COc1ccnc(-c2ccc3c(c2)c(C#N)cn3C2CCCC2)n1. The highest BCUT2D eigenvalue weighted by Gasteiger charge is 2.20. The van der Waals surface area contributed by atoms with Gasteiger partial charge in [0.1, 0.15) is 6.07 Å². The van der Waals surface area contributed by atoms with Gasteiger partial charge in [0.2, 0.25) is 5.88 Å². The molecule has 0 amide bonds. The number of nitriles is 1. The van der Waals surface area contributed by atoms with Crippen molar-refractivity contribution in [2.24, 2.45) is 0 Å². The number of nitrogens with zero attached hydrogens (tertiary/aromatic N) is 4. The maximum Gasteiger partial charge on any atom is 0.216 e. The highest BCUT2D eigenvalue weighted by molar-refractivity contribution is 5.90. The molecule has 120 valence electrons. The summed E-state index contributed by atoms with van der Waals surface area (Å²) in [7, 11) is 1.59. The van der Waals surface area contributed by atoms with E-state index in [1.54, 1.807) is 19.4 Å². The Morgan fingerprint density at radius 1 is 1.25 bits per heavy atom. The molecule has 1 saturated carbocycles. The number of hydrogen-bond acceptors (Lipinski definition) is 4. The van der Waals surface area contributed by atoms with E-state index in [1.807, 2.05) is 18.3 Å². The first-order chi connectivity index (χ1) is 11.8. The third-order valence-electron chi connectivity index (χ3n) is 4.77. The summed E-state index contributed by atoms with van der Waals surface area (Å²) in [6.45, 7) is 0. The van der Waals surface area contributed by atoms with E-state index in [2.05, 4.69) is 26.7 Å². The molecule has 0 bridgehead atoms. The van der Waals surface area contributed by atoms with Crippen LogP contribution in [0.5, 0.6) is 5.88 Å². The lowest BCUT2D eigenvalue weighted by Crippen LogP contribution is -2.02. The largest absolute Gasteiger partial charge is 0.481 e. The van der Waals surface area contributed by atoms with Gasteiger partial charge in [0.05, 0.1) is 12.7 Å². The summed E-state index contributed by atoms with van der Waals surface area (Å²) >= 11 is 0. The summed E-state index contributed by atoms with van der Waals surface area (Å²) in [5, 5.41) is 10.5. The van der Waals surface area contributed by atoms with Crippen molar-refractivity contribution < 1.29 is 4.74 Å². The summed E-state index contributed by atoms with van der Waals surface area (Å²) < 4.78 is 7.45. The molecule has 1 aliphatic rings. The molecule has 2 heterocycles. The van der Waals surface area contributed by atoms with Crippen LogP contribution in [0.1, 0.15) is 37.3 Å². The fourth-order valence-corrected chi connectivity index (χ4v) is 3.56. The lowest BCUT2D eigenvalue weighted by Gasteiger charge is -2.13. The van der Waals surface area contributed by atoms with Crippen molar-refractivity contribution in [1.82, 2.24) is 14.5 Å². The highest BCUT2D eigenvalue weighted by Crippen LogP contribution is 2.35. The molecular weight excluding hydrogens is 300 g/mol. The van der Waals surface area contributed by atoms with Crippen LogP contribution >= 0.6 is 0 Å². The van der Waals surface area contributed by atoms with Crippen LogP contribution in [0.15, 0.2) is 36.7 Å². The van der Waals surface area contributed by atoms with Gasteiger partial charge in [-0.15, -0.1) is 0 Å². The third-order valence-corrected chi connectivity index (χ3v) is 4.77. The molecule has 1 fully saturated rings. The van der Waals surface area contributed by atoms with Crippen LogP contribution in [-0.4, -0.2) is 21.6 Å². The number of ether oxygens (including phenoxy) is 1. The van der Waals surface area contributed by atoms with E-state index in [-0.39, 0.29) is 0 Å². The Bertz CT molecular complexity index is 932. The van der Waals surface area contributed by atoms with Crippen molar-refractivity contribution in [3.8, 4) is 23.3 Å². The third kappa shape index (κ3) is 2.41. The smallest absolute Gasteiger partial charge is 0.216 e. The second-order valence-electron chi connectivity index (χ2n) is 6.15. The normalized spacial score (nSPS) is 14.8. The summed E-state index contributed by atoms with van der Waals surface area (Å²) in [6.07, 6.45) is 8.59. The van der Waals surface area contributed by atoms with Gasteiger partial charge in [-0.3, -0.25) is 0 Å². The Labute approximate surface area is 140 Å². The zero-order chi connectivity index (χ0) is 16.5. The quantitative estimate of drug-likeness (QED) is 0.729. The molecule has 0 unspecified atom stereocenters. The van der Waals surface area contributed by atoms with E-state index >= 15 is 0 Å². The molecule has 0 aliphatic heterocycles. The number of hydrogen-bond donors (Lipinski definition) is 0. The summed E-state index contributed by atoms with van der Waals surface area (Å²) in [5.74, 6) is 1.14. The van der Waals surface area contributed by atoms with Gasteiger partial charge in [-0.1, -0.05) is 12.8 Å². The van der Waals surface area contributed by atoms with E-state index in [1.165, 1.54) is 25.7 Å². The van der Waals surface area contributed by atoms with E-state index in [0.29, 0.717) is 23.3 Å². The molecule has 0 saturated heterocycles. The molecule has 5 nitrogen and oxygen atoms in total. The summed E-state index contributed by atoms with van der Waals surface area (Å²) in [4.78, 5) is 8.71. The number of methoxy groups -OCH3 is 1. The number of rotatable bonds is 3. The van der Waals surface area contributed by atoms with Gasteiger partial charge in [-0.25, -0.2) is 4.98 Å². The number of aromatic nitrogens is 3. The predicted molar refractivity (Wildman–Crippen MR) is 91.7 cm³/mol. The number of fused-ring (bicyclic) bond motifs is 1. The van der Waals surface area contributed by atoms with Crippen LogP contribution in [0.3, 0.4) is 0 Å². The zero-order valence-electron chi connectivity index (χ0n) is 13.6. The Hall–Kier alpha value is -2.87. The Morgan fingerprint density at radius 2 is 2.08 bits per heavy atom. The molecular formula is C19H18N4O. The molecule has 4 rings (SSSR count). The molecule has 24 heavy (non-hydrogen) atoms. The second-order valence-corrected chi connectivity index (χ2v) is 6.15. The second kappa shape index (κ2) is 5.97. The van der Waals surface area contributed by atoms with Crippen molar-refractivity contribution in [2.75, 3.05) is 7.11 Å². The molecule has 5 heteroatoms. The van der Waals surface area contributed by atoms with Crippen LogP contribution in [-0.2, 0) is 0 Å². The van der Waals surface area contributed by atoms with Crippen molar-refractivity contribution in [3.05, 3.63) is 42.2 Å². The maximum atomic E-state index is 9.52. The molecule has 2 aromatic heterocycles. The van der Waals surface area contributed by atoms with E-state index < -0.39 is 0 Å². The highest BCUT2D eigenvalue weighted by atomic mass is 16.5. The average molecular weight is 318 g/mol. The van der Waals surface area contributed by atoms with Gasteiger partial charge in [0.25, 0.3) is 0 Å². The van der Waals surface area contributed by atoms with Crippen LogP contribution in [0, 0.1) is 11.3 Å². The Morgan fingerprint density at radius 3 is 2.83 bits per heavy atom. The van der Waals surface area contributed by atoms with Crippen LogP contribution < -0.4 is 4.74 Å². The molecule has 0 atom stereocenters. The first kappa shape index (κ1) is 14.7. The fourth-order valence-electron chi connectivity index (χ4n) is 3.56. The van der Waals surface area contributed by atoms with Crippen molar-refractivity contribution >= 4 is 10.9 Å². The molecule has 0 radical (unpaired) electrons. The van der Waals surface area contributed by atoms with Crippen LogP contribution in [0.25, 0.3) is 22.3 Å².